The van der Waals surface area contributed by atoms with Gasteiger partial charge in [0.2, 0.25) is 5.91 Å². The molecule has 0 rings (SSSR count). The van der Waals surface area contributed by atoms with E-state index in [2.05, 4.69) is 129 Å². The average Bonchev–Trinajstić information content (AvgIpc) is 2.63. The number of aliphatic hydroxyl groups is 1. The van der Waals surface area contributed by atoms with Gasteiger partial charge in [0.25, 0.3) is 0 Å². The van der Waals surface area contributed by atoms with Crippen LogP contribution in [-0.4, -0.2) is 73.4 Å². The number of carbonyl (C=O) groups excluding carboxylic acids is 1. The Balaban J connectivity index is 4.02. The van der Waals surface area contributed by atoms with E-state index in [9.17, 15) is 19.4 Å². The van der Waals surface area contributed by atoms with Crippen LogP contribution in [0.5, 0.6) is 0 Å². The lowest BCUT2D eigenvalue weighted by Gasteiger charge is -2.26. The van der Waals surface area contributed by atoms with E-state index in [4.69, 9.17) is 9.05 Å². The number of unbranched alkanes of at least 4 members (excludes halogenated alkanes) is 41. The van der Waals surface area contributed by atoms with Gasteiger partial charge in [-0.25, -0.2) is 4.57 Å². The highest BCUT2D eigenvalue weighted by Gasteiger charge is 2.28. The number of likely N-dealkylation sites (N-methyl/N-ethyl adjacent to an activating group) is 1. The number of nitrogens with zero attached hydrogens (tertiary/aromatic N) is 1. The molecule has 0 fully saturated rings. The number of hydrogen-bond acceptors (Lipinski definition) is 5. The molecule has 0 aliphatic heterocycles. The van der Waals surface area contributed by atoms with Crippen LogP contribution in [0.4, 0.5) is 0 Å². The molecule has 9 heteroatoms. The molecule has 0 bridgehead atoms. The van der Waals surface area contributed by atoms with Gasteiger partial charge in [0.1, 0.15) is 13.2 Å². The molecule has 0 saturated heterocycles. The van der Waals surface area contributed by atoms with Crippen molar-refractivity contribution in [3.63, 3.8) is 0 Å². The molecule has 534 valence electrons. The summed E-state index contributed by atoms with van der Waals surface area (Å²) in [6.07, 6.45) is 106. The van der Waals surface area contributed by atoms with Gasteiger partial charge in [0, 0.05) is 6.42 Å². The van der Waals surface area contributed by atoms with Crippen LogP contribution in [0, 0.1) is 0 Å². The molecule has 0 radical (unpaired) electrons. The van der Waals surface area contributed by atoms with E-state index in [1.807, 2.05) is 21.1 Å². The molecule has 0 spiro atoms. The third-order valence-corrected chi connectivity index (χ3v) is 18.5. The number of phosphoric ester groups is 1. The van der Waals surface area contributed by atoms with E-state index in [0.29, 0.717) is 23.9 Å². The predicted molar refractivity (Wildman–Crippen MR) is 405 cm³/mol. The van der Waals surface area contributed by atoms with Crippen molar-refractivity contribution in [3.05, 3.63) is 109 Å². The molecular weight excluding hydrogens is 1150 g/mol. The highest BCUT2D eigenvalue weighted by atomic mass is 31.2. The molecule has 0 aliphatic rings. The van der Waals surface area contributed by atoms with E-state index >= 15 is 0 Å². The first-order valence-electron chi connectivity index (χ1n) is 39.3. The van der Waals surface area contributed by atoms with Crippen LogP contribution in [0.3, 0.4) is 0 Å². The lowest BCUT2D eigenvalue weighted by atomic mass is 10.0. The standard InChI is InChI=1S/C83H151N2O6P/c1-6-8-10-12-14-16-18-20-22-24-26-28-30-32-34-36-38-39-40-41-42-43-44-45-47-49-51-53-55-57-59-61-63-65-67-69-71-73-75-77-83(87)84-81(80-91-92(88,89)90-79-78-85(3,4)5)82(86)76-74-72-70-68-66-64-62-60-58-56-54-52-50-48-46-37-35-33-31-29-27-25-23-21-19-17-15-13-11-9-7-2/h8,10,14,16,20,22,26,28,32,34,38-39,41-42,44-45,49,51,81-82,86H,6-7,9,11-13,15,17-19,21,23-25,27,29-31,33,35-37,40,43,46-48,50,52-80H2,1-5H3,(H-,84,87,88,89)/p+1/b10-8-,16-14-,22-20-,28-26-,34-32-,39-38-,42-41-,45-44-,51-49-. The van der Waals surface area contributed by atoms with Gasteiger partial charge in [0.05, 0.1) is 39.9 Å². The zero-order chi connectivity index (χ0) is 66.9. The maximum absolute atomic E-state index is 13.1. The molecular formula is C83H152N2O6P+. The van der Waals surface area contributed by atoms with Crippen molar-refractivity contribution in [1.29, 1.82) is 0 Å². The number of aliphatic hydroxyl groups excluding tert-OH is 1. The van der Waals surface area contributed by atoms with Crippen molar-refractivity contribution in [2.45, 2.75) is 373 Å². The zero-order valence-corrected chi connectivity index (χ0v) is 62.2. The summed E-state index contributed by atoms with van der Waals surface area (Å²) in [5, 5.41) is 14.2. The lowest BCUT2D eigenvalue weighted by molar-refractivity contribution is -0.870. The maximum Gasteiger partial charge on any atom is 0.472 e. The highest BCUT2D eigenvalue weighted by Crippen LogP contribution is 2.43. The van der Waals surface area contributed by atoms with Crippen molar-refractivity contribution < 1.29 is 32.9 Å². The van der Waals surface area contributed by atoms with Crippen molar-refractivity contribution in [1.82, 2.24) is 5.32 Å². The van der Waals surface area contributed by atoms with Crippen LogP contribution < -0.4 is 5.32 Å². The molecule has 3 atom stereocenters. The Morgan fingerprint density at radius 2 is 0.652 bits per heavy atom. The lowest BCUT2D eigenvalue weighted by Crippen LogP contribution is -2.46. The molecule has 0 heterocycles. The largest absolute Gasteiger partial charge is 0.472 e. The van der Waals surface area contributed by atoms with Gasteiger partial charge < -0.3 is 19.8 Å². The summed E-state index contributed by atoms with van der Waals surface area (Å²) in [5.41, 5.74) is 0. The Morgan fingerprint density at radius 1 is 0.380 bits per heavy atom. The zero-order valence-electron chi connectivity index (χ0n) is 61.3. The molecule has 1 amide bonds. The molecule has 0 aliphatic carbocycles. The number of hydrogen-bond donors (Lipinski definition) is 3. The third-order valence-electron chi connectivity index (χ3n) is 17.5. The van der Waals surface area contributed by atoms with Crippen molar-refractivity contribution in [2.75, 3.05) is 40.9 Å². The average molecular weight is 1310 g/mol. The Labute approximate surface area is 572 Å². The van der Waals surface area contributed by atoms with Gasteiger partial charge in [-0.2, -0.15) is 0 Å². The third kappa shape index (κ3) is 74.6. The predicted octanol–water partition coefficient (Wildman–Crippen LogP) is 25.8. The second-order valence-corrected chi connectivity index (χ2v) is 29.2. The second kappa shape index (κ2) is 72.4. The number of quaternary nitrogens is 1. The molecule has 8 nitrogen and oxygen atoms in total. The van der Waals surface area contributed by atoms with Crippen LogP contribution in [0.25, 0.3) is 0 Å². The summed E-state index contributed by atoms with van der Waals surface area (Å²) in [6.45, 7) is 4.81. The number of carbonyl (C=O) groups is 1. The fourth-order valence-corrected chi connectivity index (χ4v) is 12.3. The maximum atomic E-state index is 13.1. The molecule has 0 aromatic carbocycles. The minimum Gasteiger partial charge on any atom is -0.391 e. The van der Waals surface area contributed by atoms with E-state index in [-0.39, 0.29) is 19.1 Å². The molecule has 3 unspecified atom stereocenters. The molecule has 0 saturated carbocycles. The van der Waals surface area contributed by atoms with Gasteiger partial charge in [-0.3, -0.25) is 13.8 Å². The van der Waals surface area contributed by atoms with Crippen LogP contribution >= 0.6 is 7.82 Å². The summed E-state index contributed by atoms with van der Waals surface area (Å²) < 4.78 is 24.0. The Bertz CT molecular complexity index is 1870. The normalized spacial score (nSPS) is 14.1. The number of rotatable bonds is 72. The van der Waals surface area contributed by atoms with E-state index in [1.165, 1.54) is 238 Å². The van der Waals surface area contributed by atoms with E-state index in [0.717, 1.165) is 96.3 Å². The molecule has 0 aromatic heterocycles. The van der Waals surface area contributed by atoms with Gasteiger partial charge in [-0.05, 0) is 83.5 Å². The van der Waals surface area contributed by atoms with Crippen LogP contribution in [0.2, 0.25) is 0 Å². The number of allylic oxidation sites excluding steroid dienone is 18. The molecule has 3 N–H and O–H groups in total. The number of nitrogens with one attached hydrogen (secondary N) is 1. The number of amides is 1. The van der Waals surface area contributed by atoms with E-state index < -0.39 is 20.0 Å². The first-order valence-corrected chi connectivity index (χ1v) is 40.7. The fourth-order valence-electron chi connectivity index (χ4n) is 11.5. The van der Waals surface area contributed by atoms with Crippen LogP contribution in [0.15, 0.2) is 109 Å². The SMILES string of the molecule is CC/C=C\C/C=C\C/C=C\C/C=C\C/C=C\C/C=C\C/C=C\C/C=C\C/C=C\CCCCCCCCCCCCCC(=O)NC(COP(=O)(O)OCC[N+](C)(C)C)C(O)CCCCCCCCCCCCCCCCCCCCCCCCCCCCCCCCC. The summed E-state index contributed by atoms with van der Waals surface area (Å²) in [5.74, 6) is -0.146. The Kier molecular flexibility index (Phi) is 70.2. The molecule has 0 aromatic rings. The smallest absolute Gasteiger partial charge is 0.391 e. The van der Waals surface area contributed by atoms with Crippen LogP contribution in [-0.2, 0) is 18.4 Å². The molecule has 92 heavy (non-hydrogen) atoms. The summed E-state index contributed by atoms with van der Waals surface area (Å²) in [4.78, 5) is 23.5. The van der Waals surface area contributed by atoms with E-state index in [1.54, 1.807) is 0 Å². The Hall–Kier alpha value is -2.84. The van der Waals surface area contributed by atoms with Gasteiger partial charge >= 0.3 is 7.82 Å². The Morgan fingerprint density at radius 3 is 0.957 bits per heavy atom. The van der Waals surface area contributed by atoms with Crippen molar-refractivity contribution in [2.24, 2.45) is 0 Å². The quantitative estimate of drug-likeness (QED) is 0.0243. The monoisotopic (exact) mass is 1300 g/mol. The van der Waals surface area contributed by atoms with Crippen molar-refractivity contribution in [3.8, 4) is 0 Å². The second-order valence-electron chi connectivity index (χ2n) is 27.7. The summed E-state index contributed by atoms with van der Waals surface area (Å²) in [7, 11) is 1.62. The fraction of sp³-hybridized carbons (Fsp3) is 0.771. The number of phosphoric acid groups is 1. The van der Waals surface area contributed by atoms with Crippen LogP contribution in [0.1, 0.15) is 361 Å². The first-order chi connectivity index (χ1) is 45.0. The topological polar surface area (TPSA) is 105 Å². The first kappa shape index (κ1) is 89.2. The van der Waals surface area contributed by atoms with Crippen molar-refractivity contribution >= 4 is 13.7 Å². The van der Waals surface area contributed by atoms with Gasteiger partial charge in [0.15, 0.2) is 0 Å². The minimum atomic E-state index is -4.34. The van der Waals surface area contributed by atoms with Gasteiger partial charge in [-0.1, -0.05) is 380 Å². The summed E-state index contributed by atoms with van der Waals surface area (Å²) >= 11 is 0. The minimum absolute atomic E-state index is 0.0708. The summed E-state index contributed by atoms with van der Waals surface area (Å²) in [6, 6.07) is -0.771. The highest BCUT2D eigenvalue weighted by molar-refractivity contribution is 7.47. The van der Waals surface area contributed by atoms with Gasteiger partial charge in [-0.15, -0.1) is 0 Å².